The van der Waals surface area contributed by atoms with Crippen molar-refractivity contribution in [3.8, 4) is 0 Å². The number of aryl methyl sites for hydroxylation is 1. The highest BCUT2D eigenvalue weighted by molar-refractivity contribution is 5.85. The van der Waals surface area contributed by atoms with Gasteiger partial charge in [0.25, 0.3) is 0 Å². The number of amides is 1. The van der Waals surface area contributed by atoms with Crippen molar-refractivity contribution >= 4 is 17.2 Å². The summed E-state index contributed by atoms with van der Waals surface area (Å²) >= 11 is 0. The van der Waals surface area contributed by atoms with Crippen LogP contribution in [-0.2, 0) is 11.3 Å². The number of hydrogen-bond acceptors (Lipinski definition) is 2. The van der Waals surface area contributed by atoms with Crippen molar-refractivity contribution in [1.29, 1.82) is 0 Å². The van der Waals surface area contributed by atoms with Gasteiger partial charge in [0.05, 0.1) is 0 Å². The summed E-state index contributed by atoms with van der Waals surface area (Å²) in [6.07, 6.45) is 2.14. The van der Waals surface area contributed by atoms with Crippen molar-refractivity contribution < 1.29 is 9.18 Å². The topological polar surface area (TPSA) is 42.0 Å². The number of rotatable bonds is 3. The summed E-state index contributed by atoms with van der Waals surface area (Å²) in [6.45, 7) is 2.04. The van der Waals surface area contributed by atoms with E-state index in [1.165, 1.54) is 0 Å². The van der Waals surface area contributed by atoms with Crippen LogP contribution >= 0.6 is 0 Å². The number of benzene rings is 1. The first kappa shape index (κ1) is 10.5. The van der Waals surface area contributed by atoms with Gasteiger partial charge in [-0.15, -0.1) is 0 Å². The molecule has 2 aromatic rings. The maximum absolute atomic E-state index is 14.0. The summed E-state index contributed by atoms with van der Waals surface area (Å²) in [5.74, 6) is -0.294. The van der Waals surface area contributed by atoms with Gasteiger partial charge in [0.15, 0.2) is 0 Å². The van der Waals surface area contributed by atoms with Gasteiger partial charge in [-0.05, 0) is 13.0 Å². The fraction of sp³-hybridized carbons (Fsp3) is 0.167. The lowest BCUT2D eigenvalue weighted by atomic mass is 10.1. The van der Waals surface area contributed by atoms with Crippen LogP contribution in [0.4, 0.5) is 4.39 Å². The summed E-state index contributed by atoms with van der Waals surface area (Å²) in [6, 6.07) is 5.13. The molecule has 16 heavy (non-hydrogen) atoms. The van der Waals surface area contributed by atoms with E-state index >= 15 is 0 Å². The molecule has 0 saturated heterocycles. The summed E-state index contributed by atoms with van der Waals surface area (Å²) in [4.78, 5) is 14.3. The Kier molecular flexibility index (Phi) is 2.81. The summed E-state index contributed by atoms with van der Waals surface area (Å²) < 4.78 is 14.0. The van der Waals surface area contributed by atoms with E-state index in [-0.39, 0.29) is 12.4 Å². The highest BCUT2D eigenvalue weighted by Gasteiger charge is 2.08. The summed E-state index contributed by atoms with van der Waals surface area (Å²) in [5.41, 5.74) is 1.27. The smallest absolute Gasteiger partial charge is 0.207 e. The van der Waals surface area contributed by atoms with Crippen molar-refractivity contribution in [2.45, 2.75) is 13.5 Å². The van der Waals surface area contributed by atoms with Gasteiger partial charge in [-0.1, -0.05) is 12.1 Å². The van der Waals surface area contributed by atoms with E-state index in [1.54, 1.807) is 18.3 Å². The highest BCUT2D eigenvalue weighted by Crippen LogP contribution is 2.22. The van der Waals surface area contributed by atoms with Crippen LogP contribution in [-0.4, -0.2) is 11.4 Å². The van der Waals surface area contributed by atoms with Crippen LogP contribution in [0.1, 0.15) is 11.3 Å². The van der Waals surface area contributed by atoms with E-state index in [9.17, 15) is 9.18 Å². The molecular weight excluding hydrogens is 207 g/mol. The maximum atomic E-state index is 14.0. The molecule has 0 aliphatic rings. The highest BCUT2D eigenvalue weighted by atomic mass is 19.1. The Bertz CT molecular complexity index is 540. The van der Waals surface area contributed by atoms with Gasteiger partial charge < -0.3 is 5.32 Å². The summed E-state index contributed by atoms with van der Waals surface area (Å²) in [5, 5.41) is 3.79. The zero-order valence-electron chi connectivity index (χ0n) is 8.83. The molecule has 3 nitrogen and oxygen atoms in total. The third kappa shape index (κ3) is 1.74. The molecule has 0 radical (unpaired) electrons. The molecule has 0 fully saturated rings. The number of hydrogen-bond donors (Lipinski definition) is 1. The molecule has 1 aromatic heterocycles. The molecule has 0 spiro atoms. The average molecular weight is 218 g/mol. The molecule has 4 heteroatoms. The van der Waals surface area contributed by atoms with Crippen molar-refractivity contribution in [3.63, 3.8) is 0 Å². The standard InChI is InChI=1S/C12H11FN2O/c1-8-10-3-2-9(6-14-7-16)12(13)11(10)4-5-15-8/h2-5,7H,6H2,1H3,(H,14,16). The molecule has 2 rings (SSSR count). The van der Waals surface area contributed by atoms with Gasteiger partial charge in [0.1, 0.15) is 5.82 Å². The van der Waals surface area contributed by atoms with Crippen LogP contribution in [0.3, 0.4) is 0 Å². The second-order valence-corrected chi connectivity index (χ2v) is 3.53. The molecular formula is C12H11FN2O. The Hall–Kier alpha value is -1.97. The summed E-state index contributed by atoms with van der Waals surface area (Å²) in [7, 11) is 0. The van der Waals surface area contributed by atoms with Crippen LogP contribution in [0.15, 0.2) is 24.4 Å². The molecule has 0 aliphatic heterocycles. The molecule has 1 aromatic carbocycles. The SMILES string of the molecule is Cc1nccc2c(F)c(CNC=O)ccc12. The van der Waals surface area contributed by atoms with Crippen LogP contribution in [0.2, 0.25) is 0 Å². The largest absolute Gasteiger partial charge is 0.354 e. The average Bonchev–Trinajstić information content (AvgIpc) is 2.29. The Morgan fingerprint density at radius 1 is 1.38 bits per heavy atom. The minimum atomic E-state index is -0.294. The number of pyridine rings is 1. The third-order valence-electron chi connectivity index (χ3n) is 2.53. The molecule has 1 N–H and O–H groups in total. The number of carbonyl (C=O) groups excluding carboxylic acids is 1. The van der Waals surface area contributed by atoms with Gasteiger partial charge in [-0.2, -0.15) is 0 Å². The van der Waals surface area contributed by atoms with Crippen LogP contribution < -0.4 is 5.32 Å². The Morgan fingerprint density at radius 3 is 2.94 bits per heavy atom. The van der Waals surface area contributed by atoms with E-state index in [4.69, 9.17) is 0 Å². The predicted octanol–water partition coefficient (Wildman–Crippen LogP) is 1.93. The third-order valence-corrected chi connectivity index (χ3v) is 2.53. The quantitative estimate of drug-likeness (QED) is 0.800. The molecule has 82 valence electrons. The molecule has 0 unspecified atom stereocenters. The van der Waals surface area contributed by atoms with Crippen LogP contribution in [0, 0.1) is 12.7 Å². The molecule has 0 saturated carbocycles. The molecule has 0 aliphatic carbocycles. The number of carbonyl (C=O) groups is 1. The monoisotopic (exact) mass is 218 g/mol. The van der Waals surface area contributed by atoms with E-state index in [0.717, 1.165) is 11.1 Å². The number of halogens is 1. The Balaban J connectivity index is 2.56. The van der Waals surface area contributed by atoms with Crippen LogP contribution in [0.25, 0.3) is 10.8 Å². The van der Waals surface area contributed by atoms with Gasteiger partial charge in [0, 0.05) is 34.8 Å². The van der Waals surface area contributed by atoms with Crippen molar-refractivity contribution in [1.82, 2.24) is 10.3 Å². The lowest BCUT2D eigenvalue weighted by molar-refractivity contribution is -0.109. The molecule has 0 bridgehead atoms. The van der Waals surface area contributed by atoms with E-state index < -0.39 is 0 Å². The fourth-order valence-corrected chi connectivity index (χ4v) is 1.70. The molecule has 0 atom stereocenters. The van der Waals surface area contributed by atoms with Gasteiger partial charge >= 0.3 is 0 Å². The second-order valence-electron chi connectivity index (χ2n) is 3.53. The van der Waals surface area contributed by atoms with E-state index in [2.05, 4.69) is 10.3 Å². The molecule has 1 heterocycles. The van der Waals surface area contributed by atoms with Crippen molar-refractivity contribution in [3.05, 3.63) is 41.5 Å². The fourth-order valence-electron chi connectivity index (χ4n) is 1.70. The van der Waals surface area contributed by atoms with Gasteiger partial charge in [-0.25, -0.2) is 4.39 Å². The van der Waals surface area contributed by atoms with E-state index in [0.29, 0.717) is 17.4 Å². The zero-order valence-corrected chi connectivity index (χ0v) is 8.83. The number of aromatic nitrogens is 1. The van der Waals surface area contributed by atoms with Crippen molar-refractivity contribution in [2.75, 3.05) is 0 Å². The maximum Gasteiger partial charge on any atom is 0.207 e. The van der Waals surface area contributed by atoms with Crippen LogP contribution in [0.5, 0.6) is 0 Å². The number of nitrogens with zero attached hydrogens (tertiary/aromatic N) is 1. The van der Waals surface area contributed by atoms with E-state index in [1.807, 2.05) is 13.0 Å². The number of fused-ring (bicyclic) bond motifs is 1. The Labute approximate surface area is 92.3 Å². The predicted molar refractivity (Wildman–Crippen MR) is 59.3 cm³/mol. The van der Waals surface area contributed by atoms with Crippen molar-refractivity contribution in [2.24, 2.45) is 0 Å². The minimum absolute atomic E-state index is 0.201. The molecule has 1 amide bonds. The second kappa shape index (κ2) is 4.26. The first-order valence-electron chi connectivity index (χ1n) is 4.93. The zero-order chi connectivity index (χ0) is 11.5. The normalized spacial score (nSPS) is 10.4. The number of nitrogens with one attached hydrogen (secondary N) is 1. The van der Waals surface area contributed by atoms with Gasteiger partial charge in [0.2, 0.25) is 6.41 Å². The first-order chi connectivity index (χ1) is 7.74. The lowest BCUT2D eigenvalue weighted by Crippen LogP contribution is -2.11. The first-order valence-corrected chi connectivity index (χ1v) is 4.93. The minimum Gasteiger partial charge on any atom is -0.354 e. The van der Waals surface area contributed by atoms with Gasteiger partial charge in [-0.3, -0.25) is 9.78 Å². The lowest BCUT2D eigenvalue weighted by Gasteiger charge is -2.07. The Morgan fingerprint density at radius 2 is 2.19 bits per heavy atom.